The van der Waals surface area contributed by atoms with E-state index in [0.717, 1.165) is 15.6 Å². The molecule has 0 fully saturated rings. The van der Waals surface area contributed by atoms with E-state index in [-0.39, 0.29) is 15.2 Å². The van der Waals surface area contributed by atoms with E-state index in [1.165, 1.54) is 14.2 Å². The molecule has 0 aromatic carbocycles. The summed E-state index contributed by atoms with van der Waals surface area (Å²) in [5, 5.41) is 0. The normalized spacial score (nSPS) is 11.8. The van der Waals surface area contributed by atoms with Gasteiger partial charge >= 0.3 is 5.97 Å². The first-order chi connectivity index (χ1) is 7.78. The molecule has 0 N–H and O–H groups in total. The zero-order valence-electron chi connectivity index (χ0n) is 9.43. The van der Waals surface area contributed by atoms with Gasteiger partial charge in [0.1, 0.15) is 6.54 Å². The molecule has 0 unspecified atom stereocenters. The molecule has 0 radical (unpaired) electrons. The molecule has 0 saturated heterocycles. The maximum atomic E-state index is 12.0. The number of sulfonamides is 1. The van der Waals surface area contributed by atoms with E-state index < -0.39 is 16.0 Å². The molecule has 0 aliphatic rings. The molecule has 0 saturated carbocycles. The third-order valence-corrected chi connectivity index (χ3v) is 5.60. The van der Waals surface area contributed by atoms with Gasteiger partial charge in [0, 0.05) is 7.05 Å². The Morgan fingerprint density at radius 3 is 2.59 bits per heavy atom. The Hall–Kier alpha value is -0.700. The number of carbonyl (C=O) groups excluding carboxylic acids is 1. The molecule has 1 aromatic heterocycles. The lowest BCUT2D eigenvalue weighted by Gasteiger charge is -2.14. The molecular weight excluding hydrogens is 288 g/mol. The number of nitrogens with zero attached hydrogens (tertiary/aromatic N) is 2. The summed E-state index contributed by atoms with van der Waals surface area (Å²) in [6.07, 6.45) is 0. The average Bonchev–Trinajstić information content (AvgIpc) is 2.58. The Bertz CT molecular complexity index is 526. The Morgan fingerprint density at radius 2 is 2.18 bits per heavy atom. The van der Waals surface area contributed by atoms with Crippen LogP contribution >= 0.6 is 22.9 Å². The fourth-order valence-corrected chi connectivity index (χ4v) is 4.10. The third-order valence-electron chi connectivity index (χ3n) is 1.95. The molecule has 0 atom stereocenters. The minimum atomic E-state index is -3.75. The Labute approximate surface area is 108 Å². The number of ether oxygens (including phenoxy) is 1. The third kappa shape index (κ3) is 3.15. The zero-order chi connectivity index (χ0) is 13.2. The van der Waals surface area contributed by atoms with E-state index in [1.54, 1.807) is 6.92 Å². The fourth-order valence-electron chi connectivity index (χ4n) is 1.06. The molecule has 1 heterocycles. The predicted molar refractivity (Wildman–Crippen MR) is 63.7 cm³/mol. The molecular formula is C8H11ClN2O4S2. The second kappa shape index (κ2) is 5.30. The van der Waals surface area contributed by atoms with Gasteiger partial charge in [-0.05, 0) is 6.92 Å². The number of esters is 1. The summed E-state index contributed by atoms with van der Waals surface area (Å²) < 4.78 is 29.6. The molecule has 0 aliphatic heterocycles. The van der Waals surface area contributed by atoms with Crippen LogP contribution in [0.5, 0.6) is 0 Å². The summed E-state index contributed by atoms with van der Waals surface area (Å²) in [7, 11) is -1.27. The summed E-state index contributed by atoms with van der Waals surface area (Å²) in [5.74, 6) is -0.635. The van der Waals surface area contributed by atoms with Gasteiger partial charge in [0.05, 0.1) is 12.8 Å². The van der Waals surface area contributed by atoms with Crippen molar-refractivity contribution in [1.82, 2.24) is 9.29 Å². The van der Waals surface area contributed by atoms with Crippen LogP contribution in [0.1, 0.15) is 5.69 Å². The number of likely N-dealkylation sites (N-methyl/N-ethyl adjacent to an activating group) is 1. The number of aromatic nitrogens is 1. The highest BCUT2D eigenvalue weighted by atomic mass is 35.5. The van der Waals surface area contributed by atoms with Crippen molar-refractivity contribution >= 4 is 38.9 Å². The number of halogens is 1. The largest absolute Gasteiger partial charge is 0.468 e. The van der Waals surface area contributed by atoms with Crippen LogP contribution in [0.4, 0.5) is 0 Å². The van der Waals surface area contributed by atoms with Gasteiger partial charge in [-0.25, -0.2) is 13.4 Å². The molecule has 9 heteroatoms. The predicted octanol–water partition coefficient (Wildman–Crippen LogP) is 0.898. The van der Waals surface area contributed by atoms with Crippen LogP contribution < -0.4 is 0 Å². The first-order valence-electron chi connectivity index (χ1n) is 4.45. The van der Waals surface area contributed by atoms with Gasteiger partial charge in [-0.2, -0.15) is 4.31 Å². The quantitative estimate of drug-likeness (QED) is 0.772. The highest BCUT2D eigenvalue weighted by Gasteiger charge is 2.27. The van der Waals surface area contributed by atoms with Crippen LogP contribution in [0.2, 0.25) is 4.47 Å². The van der Waals surface area contributed by atoms with Crippen molar-refractivity contribution in [1.29, 1.82) is 0 Å². The molecule has 0 bridgehead atoms. The van der Waals surface area contributed by atoms with E-state index >= 15 is 0 Å². The lowest BCUT2D eigenvalue weighted by molar-refractivity contribution is -0.140. The minimum Gasteiger partial charge on any atom is -0.468 e. The van der Waals surface area contributed by atoms with Gasteiger partial charge in [0.2, 0.25) is 0 Å². The van der Waals surface area contributed by atoms with E-state index in [4.69, 9.17) is 11.6 Å². The lowest BCUT2D eigenvalue weighted by atomic mass is 10.6. The Kier molecular flexibility index (Phi) is 4.48. The van der Waals surface area contributed by atoms with Crippen LogP contribution in [0.15, 0.2) is 4.21 Å². The zero-order valence-corrected chi connectivity index (χ0v) is 11.8. The maximum Gasteiger partial charge on any atom is 0.321 e. The first kappa shape index (κ1) is 14.4. The van der Waals surface area contributed by atoms with Gasteiger partial charge in [0.15, 0.2) is 8.68 Å². The molecule has 0 amide bonds. The van der Waals surface area contributed by atoms with Crippen LogP contribution in [-0.4, -0.2) is 44.4 Å². The van der Waals surface area contributed by atoms with Gasteiger partial charge in [-0.15, -0.1) is 0 Å². The van der Waals surface area contributed by atoms with Crippen molar-refractivity contribution in [2.45, 2.75) is 11.1 Å². The number of rotatable bonds is 4. The summed E-state index contributed by atoms with van der Waals surface area (Å²) in [6.45, 7) is 1.19. The van der Waals surface area contributed by atoms with E-state index in [9.17, 15) is 13.2 Å². The van der Waals surface area contributed by atoms with E-state index in [0.29, 0.717) is 5.69 Å². The number of carbonyl (C=O) groups is 1. The molecule has 0 spiro atoms. The van der Waals surface area contributed by atoms with Crippen molar-refractivity contribution in [3.8, 4) is 0 Å². The number of hydrogen-bond donors (Lipinski definition) is 0. The van der Waals surface area contributed by atoms with Crippen molar-refractivity contribution in [3.63, 3.8) is 0 Å². The maximum absolute atomic E-state index is 12.0. The van der Waals surface area contributed by atoms with Crippen LogP contribution in [0.3, 0.4) is 0 Å². The van der Waals surface area contributed by atoms with Crippen molar-refractivity contribution < 1.29 is 17.9 Å². The van der Waals surface area contributed by atoms with Crippen molar-refractivity contribution in [2.75, 3.05) is 20.7 Å². The first-order valence-corrected chi connectivity index (χ1v) is 7.08. The van der Waals surface area contributed by atoms with E-state index in [1.807, 2.05) is 0 Å². The molecule has 0 aliphatic carbocycles. The number of thiazole rings is 1. The Morgan fingerprint density at radius 1 is 1.59 bits per heavy atom. The number of methoxy groups -OCH3 is 1. The summed E-state index contributed by atoms with van der Waals surface area (Å²) in [5.41, 5.74) is 0.316. The number of hydrogen-bond acceptors (Lipinski definition) is 6. The van der Waals surface area contributed by atoms with Gasteiger partial charge in [-0.1, -0.05) is 22.9 Å². The van der Waals surface area contributed by atoms with Crippen molar-refractivity contribution in [2.24, 2.45) is 0 Å². The minimum absolute atomic E-state index is 0.0360. The monoisotopic (exact) mass is 298 g/mol. The SMILES string of the molecule is COC(=O)CN(C)S(=O)(=O)c1sc(Cl)nc1C. The fraction of sp³-hybridized carbons (Fsp3) is 0.500. The molecule has 6 nitrogen and oxygen atoms in total. The van der Waals surface area contributed by atoms with Crippen LogP contribution in [-0.2, 0) is 19.6 Å². The van der Waals surface area contributed by atoms with Crippen LogP contribution in [0.25, 0.3) is 0 Å². The summed E-state index contributed by atoms with van der Waals surface area (Å²) >= 11 is 6.50. The lowest BCUT2D eigenvalue weighted by Crippen LogP contribution is -2.32. The second-order valence-corrected chi connectivity index (χ2v) is 7.00. The number of aryl methyl sites for hydroxylation is 1. The average molecular weight is 299 g/mol. The summed E-state index contributed by atoms with van der Waals surface area (Å²) in [6, 6.07) is 0. The van der Waals surface area contributed by atoms with Crippen molar-refractivity contribution in [3.05, 3.63) is 10.2 Å². The molecule has 1 aromatic rings. The highest BCUT2D eigenvalue weighted by Crippen LogP contribution is 2.28. The smallest absolute Gasteiger partial charge is 0.321 e. The standard InChI is InChI=1S/C8H11ClN2O4S2/c1-5-7(16-8(9)10-5)17(13,14)11(2)4-6(12)15-3/h4H2,1-3H3. The molecule has 17 heavy (non-hydrogen) atoms. The topological polar surface area (TPSA) is 76.6 Å². The second-order valence-electron chi connectivity index (χ2n) is 3.18. The molecule has 1 rings (SSSR count). The molecule has 96 valence electrons. The van der Waals surface area contributed by atoms with Gasteiger partial charge in [0.25, 0.3) is 10.0 Å². The summed E-state index contributed by atoms with van der Waals surface area (Å²) in [4.78, 5) is 14.8. The Balaban J connectivity index is 3.03. The van der Waals surface area contributed by atoms with Gasteiger partial charge < -0.3 is 4.74 Å². The van der Waals surface area contributed by atoms with Gasteiger partial charge in [-0.3, -0.25) is 4.79 Å². The highest BCUT2D eigenvalue weighted by molar-refractivity contribution is 7.91. The van der Waals surface area contributed by atoms with Crippen LogP contribution in [0, 0.1) is 6.92 Å². The van der Waals surface area contributed by atoms with E-state index in [2.05, 4.69) is 9.72 Å².